The smallest absolute Gasteiger partial charge is 0.0703 e. The van der Waals surface area contributed by atoms with Crippen molar-refractivity contribution < 1.29 is 4.74 Å². The van der Waals surface area contributed by atoms with Gasteiger partial charge >= 0.3 is 0 Å². The molecule has 0 unspecified atom stereocenters. The number of nitrogens with zero attached hydrogens (tertiary/aromatic N) is 3. The zero-order valence-corrected chi connectivity index (χ0v) is 16.6. The molecule has 0 N–H and O–H groups in total. The molecule has 142 valence electrons. The van der Waals surface area contributed by atoms with Gasteiger partial charge in [0, 0.05) is 56.1 Å². The lowest BCUT2D eigenvalue weighted by molar-refractivity contribution is 0.0675. The first kappa shape index (κ1) is 18.2. The van der Waals surface area contributed by atoms with Crippen LogP contribution < -0.4 is 0 Å². The first-order valence-electron chi connectivity index (χ1n) is 9.90. The zero-order valence-electron chi connectivity index (χ0n) is 16.6. The van der Waals surface area contributed by atoms with Gasteiger partial charge in [0.05, 0.1) is 11.8 Å². The van der Waals surface area contributed by atoms with Gasteiger partial charge in [0.2, 0.25) is 0 Å². The molecular weight excluding hydrogens is 334 g/mol. The first-order chi connectivity index (χ1) is 13.1. The SMILES string of the molecule is Cc1ccc2c(CN(Cc3ccccn3)C[C@@H]3CCCO3)c(C)n(C)c2c1. The summed E-state index contributed by atoms with van der Waals surface area (Å²) in [5.74, 6) is 0. The third kappa shape index (κ3) is 3.92. The molecule has 0 radical (unpaired) electrons. The van der Waals surface area contributed by atoms with Crippen LogP contribution in [-0.2, 0) is 24.9 Å². The maximum atomic E-state index is 5.93. The average Bonchev–Trinajstić information content (AvgIpc) is 3.26. The van der Waals surface area contributed by atoms with Crippen LogP contribution in [0.15, 0.2) is 42.6 Å². The molecule has 1 saturated heterocycles. The second-order valence-corrected chi connectivity index (χ2v) is 7.77. The Balaban J connectivity index is 1.64. The summed E-state index contributed by atoms with van der Waals surface area (Å²) in [6, 6.07) is 12.9. The number of aryl methyl sites for hydroxylation is 2. The Kier molecular flexibility index (Phi) is 5.28. The van der Waals surface area contributed by atoms with E-state index >= 15 is 0 Å². The van der Waals surface area contributed by atoms with Crippen LogP contribution in [0.25, 0.3) is 10.9 Å². The van der Waals surface area contributed by atoms with Crippen molar-refractivity contribution in [1.29, 1.82) is 0 Å². The van der Waals surface area contributed by atoms with E-state index in [0.29, 0.717) is 6.10 Å². The highest BCUT2D eigenvalue weighted by atomic mass is 16.5. The van der Waals surface area contributed by atoms with Crippen molar-refractivity contribution >= 4 is 10.9 Å². The lowest BCUT2D eigenvalue weighted by Crippen LogP contribution is -2.32. The molecule has 1 aliphatic heterocycles. The van der Waals surface area contributed by atoms with Gasteiger partial charge in [-0.3, -0.25) is 9.88 Å². The van der Waals surface area contributed by atoms with E-state index in [-0.39, 0.29) is 0 Å². The molecule has 1 fully saturated rings. The number of pyridine rings is 1. The Labute approximate surface area is 161 Å². The topological polar surface area (TPSA) is 30.3 Å². The number of fused-ring (bicyclic) bond motifs is 1. The lowest BCUT2D eigenvalue weighted by atomic mass is 10.1. The van der Waals surface area contributed by atoms with Crippen LogP contribution in [0.1, 0.15) is 35.4 Å². The molecule has 4 nitrogen and oxygen atoms in total. The molecule has 0 saturated carbocycles. The third-order valence-electron chi connectivity index (χ3n) is 5.76. The van der Waals surface area contributed by atoms with E-state index < -0.39 is 0 Å². The molecule has 4 heteroatoms. The second kappa shape index (κ2) is 7.83. The summed E-state index contributed by atoms with van der Waals surface area (Å²) in [6.07, 6.45) is 4.55. The molecule has 27 heavy (non-hydrogen) atoms. The van der Waals surface area contributed by atoms with E-state index in [1.807, 2.05) is 12.3 Å². The lowest BCUT2D eigenvalue weighted by Gasteiger charge is -2.25. The summed E-state index contributed by atoms with van der Waals surface area (Å²) < 4.78 is 8.25. The molecule has 0 bridgehead atoms. The normalized spacial score (nSPS) is 17.3. The number of benzene rings is 1. The van der Waals surface area contributed by atoms with Crippen molar-refractivity contribution in [2.75, 3.05) is 13.2 Å². The summed E-state index contributed by atoms with van der Waals surface area (Å²) >= 11 is 0. The van der Waals surface area contributed by atoms with Crippen LogP contribution in [0, 0.1) is 13.8 Å². The van der Waals surface area contributed by atoms with Crippen LogP contribution in [0.2, 0.25) is 0 Å². The first-order valence-corrected chi connectivity index (χ1v) is 9.90. The number of ether oxygens (including phenoxy) is 1. The fourth-order valence-corrected chi connectivity index (χ4v) is 4.16. The number of hydrogen-bond donors (Lipinski definition) is 0. The minimum Gasteiger partial charge on any atom is -0.377 e. The Morgan fingerprint density at radius 3 is 2.81 bits per heavy atom. The average molecular weight is 364 g/mol. The quantitative estimate of drug-likeness (QED) is 0.651. The van der Waals surface area contributed by atoms with Gasteiger partial charge in [-0.1, -0.05) is 18.2 Å². The van der Waals surface area contributed by atoms with Gasteiger partial charge in [0.1, 0.15) is 0 Å². The predicted molar refractivity (Wildman–Crippen MR) is 110 cm³/mol. The molecule has 2 aromatic heterocycles. The van der Waals surface area contributed by atoms with Gasteiger partial charge in [0.25, 0.3) is 0 Å². The predicted octanol–water partition coefficient (Wildman–Crippen LogP) is 4.37. The molecule has 4 rings (SSSR count). The fraction of sp³-hybridized carbons (Fsp3) is 0.435. The maximum Gasteiger partial charge on any atom is 0.0703 e. The molecule has 0 spiro atoms. The van der Waals surface area contributed by atoms with E-state index in [9.17, 15) is 0 Å². The van der Waals surface area contributed by atoms with Crippen molar-refractivity contribution in [3.05, 3.63) is 65.1 Å². The summed E-state index contributed by atoms with van der Waals surface area (Å²) in [4.78, 5) is 7.05. The van der Waals surface area contributed by atoms with Gasteiger partial charge < -0.3 is 9.30 Å². The highest BCUT2D eigenvalue weighted by Crippen LogP contribution is 2.28. The fourth-order valence-electron chi connectivity index (χ4n) is 4.16. The Hall–Kier alpha value is -2.17. The monoisotopic (exact) mass is 363 g/mol. The van der Waals surface area contributed by atoms with Crippen LogP contribution in [0.3, 0.4) is 0 Å². The molecule has 3 heterocycles. The van der Waals surface area contributed by atoms with Gasteiger partial charge in [-0.05, 0) is 56.0 Å². The highest BCUT2D eigenvalue weighted by molar-refractivity contribution is 5.86. The summed E-state index contributed by atoms with van der Waals surface area (Å²) in [7, 11) is 2.17. The van der Waals surface area contributed by atoms with Crippen molar-refractivity contribution in [3.8, 4) is 0 Å². The summed E-state index contributed by atoms with van der Waals surface area (Å²) in [5.41, 5.74) is 6.50. The maximum absolute atomic E-state index is 5.93. The van der Waals surface area contributed by atoms with Gasteiger partial charge in [-0.15, -0.1) is 0 Å². The van der Waals surface area contributed by atoms with E-state index in [1.165, 1.54) is 34.1 Å². The van der Waals surface area contributed by atoms with Crippen LogP contribution in [0.4, 0.5) is 0 Å². The Morgan fingerprint density at radius 2 is 2.07 bits per heavy atom. The standard InChI is InChI=1S/C23H29N3O/c1-17-9-10-21-22(18(2)25(3)23(21)13-17)16-26(15-20-8-6-12-27-20)14-19-7-4-5-11-24-19/h4-5,7,9-11,13,20H,6,8,12,14-16H2,1-3H3/t20-/m0/s1. The van der Waals surface area contributed by atoms with Gasteiger partial charge in [-0.2, -0.15) is 0 Å². The number of rotatable bonds is 6. The van der Waals surface area contributed by atoms with Crippen LogP contribution in [0.5, 0.6) is 0 Å². The van der Waals surface area contributed by atoms with Crippen LogP contribution >= 0.6 is 0 Å². The van der Waals surface area contributed by atoms with E-state index in [1.54, 1.807) is 0 Å². The van der Waals surface area contributed by atoms with E-state index in [2.05, 4.69) is 65.7 Å². The van der Waals surface area contributed by atoms with E-state index in [4.69, 9.17) is 4.74 Å². The number of hydrogen-bond acceptors (Lipinski definition) is 3. The van der Waals surface area contributed by atoms with Gasteiger partial charge in [-0.25, -0.2) is 0 Å². The zero-order chi connectivity index (χ0) is 18.8. The largest absolute Gasteiger partial charge is 0.377 e. The highest BCUT2D eigenvalue weighted by Gasteiger charge is 2.22. The van der Waals surface area contributed by atoms with Crippen LogP contribution in [-0.4, -0.2) is 33.7 Å². The third-order valence-corrected chi connectivity index (χ3v) is 5.76. The molecule has 1 atom stereocenters. The summed E-state index contributed by atoms with van der Waals surface area (Å²) in [5, 5.41) is 1.36. The minimum absolute atomic E-state index is 0.339. The molecule has 0 amide bonds. The van der Waals surface area contributed by atoms with Gasteiger partial charge in [0.15, 0.2) is 0 Å². The Morgan fingerprint density at radius 1 is 1.19 bits per heavy atom. The van der Waals surface area contributed by atoms with Crippen molar-refractivity contribution in [2.24, 2.45) is 7.05 Å². The molecular formula is C23H29N3O. The van der Waals surface area contributed by atoms with Crippen molar-refractivity contribution in [1.82, 2.24) is 14.5 Å². The van der Waals surface area contributed by atoms with Crippen molar-refractivity contribution in [3.63, 3.8) is 0 Å². The second-order valence-electron chi connectivity index (χ2n) is 7.77. The minimum atomic E-state index is 0.339. The molecule has 0 aliphatic carbocycles. The molecule has 1 aromatic carbocycles. The number of aromatic nitrogens is 2. The van der Waals surface area contributed by atoms with Crippen molar-refractivity contribution in [2.45, 2.75) is 45.9 Å². The Bertz CT molecular complexity index is 910. The molecule has 3 aromatic rings. The molecule has 1 aliphatic rings. The van der Waals surface area contributed by atoms with E-state index in [0.717, 1.165) is 38.4 Å². The summed E-state index contributed by atoms with van der Waals surface area (Å²) in [6.45, 7) is 8.01.